The van der Waals surface area contributed by atoms with Crippen molar-refractivity contribution in [2.45, 2.75) is 18.2 Å². The smallest absolute Gasteiger partial charge is 0.357 e. The van der Waals surface area contributed by atoms with Gasteiger partial charge in [-0.1, -0.05) is 0 Å². The number of aromatic carboxylic acids is 1. The second-order valence-electron chi connectivity index (χ2n) is 3.07. The van der Waals surface area contributed by atoms with E-state index < -0.39 is 39.6 Å². The number of hydrogen-bond donors (Lipinski definition) is 3. The number of nitrogens with one attached hydrogen (secondary N) is 2. The number of halogens is 2. The summed E-state index contributed by atoms with van der Waals surface area (Å²) in [6, 6.07) is 0. The van der Waals surface area contributed by atoms with E-state index >= 15 is 0 Å². The maximum absolute atomic E-state index is 11.9. The van der Waals surface area contributed by atoms with Crippen molar-refractivity contribution in [3.8, 4) is 0 Å². The lowest BCUT2D eigenvalue weighted by molar-refractivity contribution is 0.0686. The van der Waals surface area contributed by atoms with Crippen LogP contribution in [0.1, 0.15) is 16.2 Å². The molecule has 7 nitrogen and oxygen atoms in total. The number of carboxylic acid groups (broad SMARTS) is 1. The minimum atomic E-state index is -4.32. The fraction of sp³-hybridized carbons (Fsp3) is 0.429. The Morgan fingerprint density at radius 2 is 2.18 bits per heavy atom. The summed E-state index contributed by atoms with van der Waals surface area (Å²) in [4.78, 5) is 10.1. The van der Waals surface area contributed by atoms with Crippen LogP contribution in [0.4, 0.5) is 8.78 Å². The average Bonchev–Trinajstić information content (AvgIpc) is 2.58. The summed E-state index contributed by atoms with van der Waals surface area (Å²) in [6.07, 6.45) is -2.87. The third kappa shape index (κ3) is 2.97. The van der Waals surface area contributed by atoms with Crippen molar-refractivity contribution in [1.29, 1.82) is 0 Å². The van der Waals surface area contributed by atoms with Crippen LogP contribution in [0.25, 0.3) is 0 Å². The Morgan fingerprint density at radius 3 is 2.65 bits per heavy atom. The second-order valence-corrected chi connectivity index (χ2v) is 4.78. The molecule has 0 bridgehead atoms. The Bertz CT molecular complexity index is 525. The first-order valence-corrected chi connectivity index (χ1v) is 5.80. The minimum Gasteiger partial charge on any atom is -0.476 e. The van der Waals surface area contributed by atoms with Gasteiger partial charge < -0.3 is 5.11 Å². The summed E-state index contributed by atoms with van der Waals surface area (Å²) in [5.41, 5.74) is -0.770. The SMILES string of the molecule is Cc1[nH]nc(C(=O)O)c1S(=O)(=O)NCC(F)F. The van der Waals surface area contributed by atoms with E-state index in [-0.39, 0.29) is 5.69 Å². The molecule has 17 heavy (non-hydrogen) atoms. The summed E-state index contributed by atoms with van der Waals surface area (Å²) in [5.74, 6) is -1.56. The summed E-state index contributed by atoms with van der Waals surface area (Å²) in [7, 11) is -4.32. The molecule has 0 radical (unpaired) electrons. The van der Waals surface area contributed by atoms with E-state index in [4.69, 9.17) is 5.11 Å². The van der Waals surface area contributed by atoms with Crippen LogP contribution in [-0.2, 0) is 10.0 Å². The molecule has 0 amide bonds. The van der Waals surface area contributed by atoms with Crippen LogP contribution < -0.4 is 4.72 Å². The standard InChI is InChI=1S/C7H9F2N3O4S/c1-3-6(5(7(13)14)12-11-3)17(15,16)10-2-4(8)9/h4,10H,2H2,1H3,(H,11,12)(H,13,14). The quantitative estimate of drug-likeness (QED) is 0.694. The van der Waals surface area contributed by atoms with Gasteiger partial charge in [-0.3, -0.25) is 5.10 Å². The number of hydrogen-bond acceptors (Lipinski definition) is 4. The predicted octanol–water partition coefficient (Wildman–Crippen LogP) is -0.0403. The van der Waals surface area contributed by atoms with Crippen LogP contribution in [-0.4, -0.2) is 42.7 Å². The number of H-pyrrole nitrogens is 1. The van der Waals surface area contributed by atoms with Crippen LogP contribution in [0.5, 0.6) is 0 Å². The number of carbonyl (C=O) groups is 1. The van der Waals surface area contributed by atoms with Gasteiger partial charge >= 0.3 is 5.97 Å². The molecule has 3 N–H and O–H groups in total. The van der Waals surface area contributed by atoms with Crippen molar-refractivity contribution in [3.05, 3.63) is 11.4 Å². The summed E-state index contributed by atoms with van der Waals surface area (Å²) < 4.78 is 48.5. The van der Waals surface area contributed by atoms with Gasteiger partial charge in [0.15, 0.2) is 5.69 Å². The van der Waals surface area contributed by atoms with Crippen molar-refractivity contribution in [2.75, 3.05) is 6.54 Å². The molecule has 1 aromatic heterocycles. The van der Waals surface area contributed by atoms with Gasteiger partial charge in [0.05, 0.1) is 12.2 Å². The Hall–Kier alpha value is -1.55. The Morgan fingerprint density at radius 1 is 1.59 bits per heavy atom. The molecule has 1 heterocycles. The summed E-state index contributed by atoms with van der Waals surface area (Å²) in [5, 5.41) is 14.1. The first-order chi connectivity index (χ1) is 7.75. The molecule has 1 rings (SSSR count). The highest BCUT2D eigenvalue weighted by atomic mass is 32.2. The van der Waals surface area contributed by atoms with E-state index in [1.807, 2.05) is 0 Å². The molecule has 10 heteroatoms. The van der Waals surface area contributed by atoms with Gasteiger partial charge in [-0.2, -0.15) is 5.10 Å². The van der Waals surface area contributed by atoms with E-state index in [1.54, 1.807) is 4.72 Å². The summed E-state index contributed by atoms with van der Waals surface area (Å²) in [6.45, 7) is 0.183. The molecule has 0 saturated carbocycles. The van der Waals surface area contributed by atoms with Crippen LogP contribution >= 0.6 is 0 Å². The largest absolute Gasteiger partial charge is 0.476 e. The molecule has 0 atom stereocenters. The number of carboxylic acids is 1. The number of nitrogens with zero attached hydrogens (tertiary/aromatic N) is 1. The molecule has 0 aromatic carbocycles. The van der Waals surface area contributed by atoms with E-state index in [0.29, 0.717) is 0 Å². The van der Waals surface area contributed by atoms with Crippen molar-refractivity contribution in [1.82, 2.24) is 14.9 Å². The van der Waals surface area contributed by atoms with Gasteiger partial charge in [0.2, 0.25) is 10.0 Å². The summed E-state index contributed by atoms with van der Waals surface area (Å²) >= 11 is 0. The average molecular weight is 269 g/mol. The second kappa shape index (κ2) is 4.75. The van der Waals surface area contributed by atoms with Crippen LogP contribution in [0.15, 0.2) is 4.90 Å². The highest BCUT2D eigenvalue weighted by molar-refractivity contribution is 7.89. The van der Waals surface area contributed by atoms with Gasteiger partial charge in [0.25, 0.3) is 6.43 Å². The first kappa shape index (κ1) is 13.5. The number of aromatic nitrogens is 2. The molecular weight excluding hydrogens is 260 g/mol. The minimum absolute atomic E-state index is 0.0378. The molecule has 0 fully saturated rings. The first-order valence-electron chi connectivity index (χ1n) is 4.31. The highest BCUT2D eigenvalue weighted by Gasteiger charge is 2.28. The monoisotopic (exact) mass is 269 g/mol. The maximum atomic E-state index is 11.9. The number of sulfonamides is 1. The van der Waals surface area contributed by atoms with Crippen LogP contribution in [0.2, 0.25) is 0 Å². The zero-order chi connectivity index (χ0) is 13.2. The number of aryl methyl sites for hydroxylation is 1. The zero-order valence-corrected chi connectivity index (χ0v) is 9.38. The molecule has 0 unspecified atom stereocenters. The number of rotatable bonds is 5. The maximum Gasteiger partial charge on any atom is 0.357 e. The lowest BCUT2D eigenvalue weighted by atomic mass is 10.4. The van der Waals surface area contributed by atoms with Crippen molar-refractivity contribution < 1.29 is 27.1 Å². The third-order valence-electron chi connectivity index (χ3n) is 1.79. The van der Waals surface area contributed by atoms with Gasteiger partial charge in [-0.15, -0.1) is 0 Å². The fourth-order valence-corrected chi connectivity index (χ4v) is 2.46. The zero-order valence-electron chi connectivity index (χ0n) is 8.57. The molecule has 0 spiro atoms. The van der Waals surface area contributed by atoms with Gasteiger partial charge in [0, 0.05) is 0 Å². The lowest BCUT2D eigenvalue weighted by Crippen LogP contribution is -2.30. The third-order valence-corrected chi connectivity index (χ3v) is 3.37. The van der Waals surface area contributed by atoms with Gasteiger partial charge in [-0.05, 0) is 6.92 Å². The normalized spacial score (nSPS) is 12.0. The highest BCUT2D eigenvalue weighted by Crippen LogP contribution is 2.17. The fourth-order valence-electron chi connectivity index (χ4n) is 1.14. The number of aromatic amines is 1. The molecule has 0 aliphatic rings. The predicted molar refractivity (Wildman–Crippen MR) is 51.5 cm³/mol. The topological polar surface area (TPSA) is 112 Å². The van der Waals surface area contributed by atoms with E-state index in [2.05, 4.69) is 10.2 Å². The van der Waals surface area contributed by atoms with Crippen LogP contribution in [0.3, 0.4) is 0 Å². The Labute approximate surface area is 94.9 Å². The Balaban J connectivity index is 3.14. The lowest BCUT2D eigenvalue weighted by Gasteiger charge is -2.05. The van der Waals surface area contributed by atoms with Crippen molar-refractivity contribution in [3.63, 3.8) is 0 Å². The molecule has 0 aliphatic carbocycles. The van der Waals surface area contributed by atoms with E-state index in [9.17, 15) is 22.0 Å². The molecule has 1 aromatic rings. The number of alkyl halides is 2. The van der Waals surface area contributed by atoms with Gasteiger partial charge in [-0.25, -0.2) is 26.7 Å². The van der Waals surface area contributed by atoms with Crippen molar-refractivity contribution in [2.24, 2.45) is 0 Å². The Kier molecular flexibility index (Phi) is 3.78. The molecular formula is C7H9F2N3O4S. The van der Waals surface area contributed by atoms with E-state index in [1.165, 1.54) is 6.92 Å². The van der Waals surface area contributed by atoms with E-state index in [0.717, 1.165) is 0 Å². The van der Waals surface area contributed by atoms with Gasteiger partial charge in [0.1, 0.15) is 4.90 Å². The molecule has 96 valence electrons. The molecule has 0 saturated heterocycles. The van der Waals surface area contributed by atoms with Crippen molar-refractivity contribution >= 4 is 16.0 Å². The van der Waals surface area contributed by atoms with Crippen LogP contribution in [0, 0.1) is 6.92 Å². The molecule has 0 aliphatic heterocycles.